The molecule has 0 aliphatic carbocycles. The van der Waals surface area contributed by atoms with Crippen LogP contribution in [0, 0.1) is 0 Å². The fourth-order valence-corrected chi connectivity index (χ4v) is 6.20. The fourth-order valence-electron chi connectivity index (χ4n) is 5.07. The Morgan fingerprint density at radius 1 is 1.15 bits per heavy atom. The van der Waals surface area contributed by atoms with Crippen molar-refractivity contribution in [2.45, 2.75) is 32.9 Å². The molecule has 5 rings (SSSR count). The van der Waals surface area contributed by atoms with Gasteiger partial charge in [0.05, 0.1) is 42.9 Å². The van der Waals surface area contributed by atoms with E-state index >= 15 is 0 Å². The van der Waals surface area contributed by atoms with E-state index in [0.29, 0.717) is 50.9 Å². The molecule has 0 saturated heterocycles. The van der Waals surface area contributed by atoms with Gasteiger partial charge in [0.2, 0.25) is 0 Å². The molecule has 0 saturated carbocycles. The highest BCUT2D eigenvalue weighted by Gasteiger charge is 2.38. The number of hydrogen-bond acceptors (Lipinski definition) is 8. The molecule has 3 heterocycles. The summed E-state index contributed by atoms with van der Waals surface area (Å²) in [7, 11) is 3.05. The second-order valence-corrected chi connectivity index (χ2v) is 10.5. The average molecular weight is 560 g/mol. The van der Waals surface area contributed by atoms with Crippen LogP contribution >= 0.6 is 11.3 Å². The van der Waals surface area contributed by atoms with Gasteiger partial charge in [-0.1, -0.05) is 35.6 Å². The number of fused-ring (bicyclic) bond motifs is 2. The molecule has 3 aromatic rings. The van der Waals surface area contributed by atoms with Crippen LogP contribution < -0.4 is 29.3 Å². The Labute approximate surface area is 234 Å². The number of nitrogens with zero attached hydrogens (tertiary/aromatic N) is 3. The van der Waals surface area contributed by atoms with Crippen molar-refractivity contribution in [3.8, 4) is 11.5 Å². The predicted octanol–water partition coefficient (Wildman–Crippen LogP) is 3.11. The van der Waals surface area contributed by atoms with Crippen LogP contribution in [0.15, 0.2) is 76.2 Å². The summed E-state index contributed by atoms with van der Waals surface area (Å²) in [5.41, 5.74) is 2.35. The summed E-state index contributed by atoms with van der Waals surface area (Å²) >= 11 is 1.11. The molecule has 10 heteroatoms. The van der Waals surface area contributed by atoms with E-state index in [9.17, 15) is 14.4 Å². The molecule has 2 aromatic carbocycles. The summed E-state index contributed by atoms with van der Waals surface area (Å²) < 4.78 is 18.4. The molecule has 0 radical (unpaired) electrons. The molecule has 0 unspecified atom stereocenters. The summed E-state index contributed by atoms with van der Waals surface area (Å²) in [6, 6.07) is 11.6. The third-order valence-corrected chi connectivity index (χ3v) is 7.81. The van der Waals surface area contributed by atoms with Gasteiger partial charge in [0.15, 0.2) is 4.80 Å². The number of amides is 1. The molecule has 0 bridgehead atoms. The first-order valence-corrected chi connectivity index (χ1v) is 13.5. The van der Waals surface area contributed by atoms with Crippen LogP contribution in [0.3, 0.4) is 0 Å². The topological polar surface area (TPSA) is 99.4 Å². The Bertz CT molecular complexity index is 1760. The zero-order valence-corrected chi connectivity index (χ0v) is 23.7. The van der Waals surface area contributed by atoms with Crippen LogP contribution in [0.25, 0.3) is 5.57 Å². The highest BCUT2D eigenvalue weighted by atomic mass is 32.1. The molecule has 1 atom stereocenters. The Morgan fingerprint density at radius 3 is 2.58 bits per heavy atom. The Balaban J connectivity index is 1.85. The van der Waals surface area contributed by atoms with E-state index in [1.807, 2.05) is 24.3 Å². The largest absolute Gasteiger partial charge is 0.497 e. The second kappa shape index (κ2) is 10.6. The van der Waals surface area contributed by atoms with Crippen LogP contribution in [0.4, 0.5) is 5.69 Å². The van der Waals surface area contributed by atoms with E-state index < -0.39 is 23.7 Å². The molecular weight excluding hydrogens is 530 g/mol. The monoisotopic (exact) mass is 559 g/mol. The van der Waals surface area contributed by atoms with Crippen LogP contribution in [-0.2, 0) is 14.3 Å². The lowest BCUT2D eigenvalue weighted by Gasteiger charge is -2.26. The van der Waals surface area contributed by atoms with Crippen molar-refractivity contribution in [3.63, 3.8) is 0 Å². The Kier molecular flexibility index (Phi) is 7.20. The standard InChI is InChI=1S/C30H29N3O6S/c1-7-14-32-21-11-9-8-10-19(21)24(27(32)34)26-28(35)33-25(20-15-18(37-5)12-13-22(20)38-6)23(29(36)39-16(2)3)17(4)31-30(33)40-26/h7-13,15-16,25H,1,14H2,2-6H3/b26-24-/t25-/m0/s1. The van der Waals surface area contributed by atoms with Gasteiger partial charge < -0.3 is 19.1 Å². The number of para-hydroxylation sites is 1. The molecule has 2 aliphatic rings. The lowest BCUT2D eigenvalue weighted by Crippen LogP contribution is -2.41. The van der Waals surface area contributed by atoms with Crippen molar-refractivity contribution in [1.82, 2.24) is 4.57 Å². The number of allylic oxidation sites excluding steroid dienone is 1. The van der Waals surface area contributed by atoms with E-state index in [1.165, 1.54) is 18.8 Å². The number of ether oxygens (including phenoxy) is 3. The second-order valence-electron chi connectivity index (χ2n) is 9.56. The number of rotatable bonds is 7. The lowest BCUT2D eigenvalue weighted by atomic mass is 9.94. The maximum Gasteiger partial charge on any atom is 0.338 e. The SMILES string of the molecule is C=CCN1C(=O)/C(=c2\sc3n(c2=O)[C@@H](c2cc(OC)ccc2OC)C(C(=O)OC(C)C)=C(C)N=3)c2ccccc21. The highest BCUT2D eigenvalue weighted by Crippen LogP contribution is 2.39. The molecule has 0 spiro atoms. The van der Waals surface area contributed by atoms with E-state index in [4.69, 9.17) is 14.2 Å². The third-order valence-electron chi connectivity index (χ3n) is 6.75. The number of methoxy groups -OCH3 is 2. The first-order valence-electron chi connectivity index (χ1n) is 12.7. The smallest absolute Gasteiger partial charge is 0.338 e. The molecule has 0 N–H and O–H groups in total. The molecule has 1 amide bonds. The summed E-state index contributed by atoms with van der Waals surface area (Å²) in [6.45, 7) is 9.29. The molecule has 1 aromatic heterocycles. The maximum absolute atomic E-state index is 14.3. The normalized spacial score (nSPS) is 17.4. The van der Waals surface area contributed by atoms with Gasteiger partial charge in [0.25, 0.3) is 11.5 Å². The third kappa shape index (κ3) is 4.34. The van der Waals surface area contributed by atoms with Crippen LogP contribution in [0.1, 0.15) is 37.9 Å². The Hall–Kier alpha value is -4.44. The van der Waals surface area contributed by atoms with E-state index in [2.05, 4.69) is 11.6 Å². The number of esters is 1. The number of thiazole rings is 1. The molecule has 206 valence electrons. The summed E-state index contributed by atoms with van der Waals surface area (Å²) in [5.74, 6) is 0.0838. The van der Waals surface area contributed by atoms with Gasteiger partial charge in [0.1, 0.15) is 22.1 Å². The maximum atomic E-state index is 14.3. The summed E-state index contributed by atoms with van der Waals surface area (Å²) in [6.07, 6.45) is 1.25. The number of hydrogen-bond donors (Lipinski definition) is 0. The van der Waals surface area contributed by atoms with Gasteiger partial charge in [-0.05, 0) is 45.0 Å². The van der Waals surface area contributed by atoms with Gasteiger partial charge in [0, 0.05) is 17.7 Å². The van der Waals surface area contributed by atoms with Gasteiger partial charge in [-0.25, -0.2) is 9.79 Å². The van der Waals surface area contributed by atoms with Gasteiger partial charge in [-0.3, -0.25) is 14.2 Å². The Morgan fingerprint density at radius 2 is 1.90 bits per heavy atom. The minimum absolute atomic E-state index is 0.204. The van der Waals surface area contributed by atoms with Crippen molar-refractivity contribution in [2.24, 2.45) is 4.99 Å². The first-order chi connectivity index (χ1) is 19.2. The van der Waals surface area contributed by atoms with Gasteiger partial charge in [-0.2, -0.15) is 0 Å². The predicted molar refractivity (Wildman–Crippen MR) is 152 cm³/mol. The molecule has 40 heavy (non-hydrogen) atoms. The zero-order chi connectivity index (χ0) is 28.7. The minimum Gasteiger partial charge on any atom is -0.497 e. The molecule has 2 aliphatic heterocycles. The number of benzene rings is 2. The first kappa shape index (κ1) is 27.1. The van der Waals surface area contributed by atoms with E-state index in [1.54, 1.807) is 49.9 Å². The highest BCUT2D eigenvalue weighted by molar-refractivity contribution is 7.07. The van der Waals surface area contributed by atoms with Crippen LogP contribution in [0.5, 0.6) is 11.5 Å². The summed E-state index contributed by atoms with van der Waals surface area (Å²) in [5, 5.41) is 0. The van der Waals surface area contributed by atoms with Crippen molar-refractivity contribution < 1.29 is 23.8 Å². The van der Waals surface area contributed by atoms with Gasteiger partial charge in [-0.15, -0.1) is 6.58 Å². The van der Waals surface area contributed by atoms with E-state index in [0.717, 1.165) is 11.3 Å². The molecule has 0 fully saturated rings. The molecule has 9 nitrogen and oxygen atoms in total. The molecular formula is C30H29N3O6S. The van der Waals surface area contributed by atoms with E-state index in [-0.39, 0.29) is 16.0 Å². The zero-order valence-electron chi connectivity index (χ0n) is 22.9. The number of anilines is 1. The van der Waals surface area contributed by atoms with Crippen molar-refractivity contribution in [3.05, 3.63) is 97.2 Å². The summed E-state index contributed by atoms with van der Waals surface area (Å²) in [4.78, 5) is 48.0. The number of carbonyl (C=O) groups is 2. The minimum atomic E-state index is -0.932. The fraction of sp³-hybridized carbons (Fsp3) is 0.267. The number of carbonyl (C=O) groups excluding carboxylic acids is 2. The van der Waals surface area contributed by atoms with Crippen molar-refractivity contribution in [2.75, 3.05) is 25.7 Å². The van der Waals surface area contributed by atoms with Crippen LogP contribution in [-0.4, -0.2) is 43.3 Å². The number of aromatic nitrogens is 1. The average Bonchev–Trinajstić information content (AvgIpc) is 3.39. The lowest BCUT2D eigenvalue weighted by molar-refractivity contribution is -0.143. The van der Waals surface area contributed by atoms with Gasteiger partial charge >= 0.3 is 5.97 Å². The van der Waals surface area contributed by atoms with Crippen molar-refractivity contribution >= 4 is 34.5 Å². The van der Waals surface area contributed by atoms with Crippen molar-refractivity contribution in [1.29, 1.82) is 0 Å². The van der Waals surface area contributed by atoms with Crippen LogP contribution in [0.2, 0.25) is 0 Å². The quantitative estimate of drug-likeness (QED) is 0.326.